The van der Waals surface area contributed by atoms with Crippen molar-refractivity contribution in [2.75, 3.05) is 0 Å². The normalized spacial score (nSPS) is 12.4. The number of hydrogen-bond acceptors (Lipinski definition) is 3. The molecule has 0 aromatic rings. The van der Waals surface area contributed by atoms with E-state index in [2.05, 4.69) is 0 Å². The van der Waals surface area contributed by atoms with Gasteiger partial charge in [-0.15, -0.1) is 0 Å². The molecule has 0 fully saturated rings. The van der Waals surface area contributed by atoms with Gasteiger partial charge in [0.05, 0.1) is 0 Å². The lowest BCUT2D eigenvalue weighted by molar-refractivity contribution is -0.0517. The van der Waals surface area contributed by atoms with E-state index < -0.39 is 15.6 Å². The summed E-state index contributed by atoms with van der Waals surface area (Å²) in [5.74, 6) is 0. The van der Waals surface area contributed by atoms with Crippen molar-refractivity contribution in [3.8, 4) is 0 Å². The van der Waals surface area contributed by atoms with E-state index in [4.69, 9.17) is 13.0 Å². The quantitative estimate of drug-likeness (QED) is 0.392. The van der Waals surface area contributed by atoms with Gasteiger partial charge in [0.15, 0.2) is 10.1 Å². The lowest BCUT2D eigenvalue weighted by Crippen LogP contribution is -2.21. The Labute approximate surface area is 50.2 Å². The minimum absolute atomic E-state index is 0. The molecule has 0 bridgehead atoms. The zero-order chi connectivity index (χ0) is 7.00. The lowest BCUT2D eigenvalue weighted by Gasteiger charge is -2.08. The molecular weight excluding hydrogens is 161 g/mol. The Morgan fingerprint density at radius 2 is 1.33 bits per heavy atom. The van der Waals surface area contributed by atoms with Gasteiger partial charge in [0.1, 0.15) is 0 Å². The fraction of sp³-hybridized carbons (Fsp3) is 1.00. The highest BCUT2D eigenvalue weighted by molar-refractivity contribution is 7.86. The van der Waals surface area contributed by atoms with Crippen LogP contribution in [0.4, 0.5) is 13.2 Å². The van der Waals surface area contributed by atoms with Gasteiger partial charge in [0.25, 0.3) is 0 Å². The topological polar surface area (TPSA) is 57.2 Å². The Kier molecular flexibility index (Phi) is 3.22. The number of alkyl halides is 3. The summed E-state index contributed by atoms with van der Waals surface area (Å²) in [6.07, 6.45) is 0. The van der Waals surface area contributed by atoms with Crippen molar-refractivity contribution in [1.29, 1.82) is 0 Å². The summed E-state index contributed by atoms with van der Waals surface area (Å²) >= 11 is 0. The molecule has 0 atom stereocenters. The molecule has 0 spiro atoms. The molecule has 0 aliphatic carbocycles. The number of hydrogen-bond donors (Lipinski definition) is 0. The largest absolute Gasteiger partial charge is 0.741 e. The highest BCUT2D eigenvalue weighted by Crippen LogP contribution is 2.20. The van der Waals surface area contributed by atoms with Gasteiger partial charge in [-0.25, -0.2) is 8.42 Å². The van der Waals surface area contributed by atoms with Gasteiger partial charge >= 0.3 is 5.51 Å². The molecule has 9 heavy (non-hydrogen) atoms. The predicted octanol–water partition coefficient (Wildman–Crippen LogP) is 0.688. The van der Waals surface area contributed by atoms with Crippen LogP contribution in [-0.4, -0.2) is 18.5 Å². The fourth-order valence-electron chi connectivity index (χ4n) is 0. The van der Waals surface area contributed by atoms with Crippen LogP contribution in [0.1, 0.15) is 7.43 Å². The Morgan fingerprint density at radius 1 is 1.22 bits per heavy atom. The average molecular weight is 165 g/mol. The van der Waals surface area contributed by atoms with Crippen LogP contribution in [0.15, 0.2) is 0 Å². The van der Waals surface area contributed by atoms with Crippen molar-refractivity contribution in [2.24, 2.45) is 0 Å². The van der Waals surface area contributed by atoms with E-state index >= 15 is 0 Å². The first-order valence-corrected chi connectivity index (χ1v) is 2.68. The molecule has 0 saturated heterocycles. The van der Waals surface area contributed by atoms with Crippen LogP contribution in [0.5, 0.6) is 0 Å². The summed E-state index contributed by atoms with van der Waals surface area (Å²) in [5, 5.41) is 0. The first-order valence-electron chi connectivity index (χ1n) is 1.27. The molecule has 58 valence electrons. The summed E-state index contributed by atoms with van der Waals surface area (Å²) in [4.78, 5) is 0. The van der Waals surface area contributed by atoms with Gasteiger partial charge in [-0.05, 0) is 0 Å². The van der Waals surface area contributed by atoms with Gasteiger partial charge in [0, 0.05) is 0 Å². The molecule has 0 aliphatic rings. The lowest BCUT2D eigenvalue weighted by atomic mass is 11.6. The van der Waals surface area contributed by atoms with Gasteiger partial charge in [-0.3, -0.25) is 0 Å². The Bertz CT molecular complexity index is 166. The first kappa shape index (κ1) is 11.5. The van der Waals surface area contributed by atoms with Crippen LogP contribution in [-0.2, 0) is 10.1 Å². The zero-order valence-corrected chi connectivity index (χ0v) is 4.08. The van der Waals surface area contributed by atoms with Crippen LogP contribution in [0.25, 0.3) is 0 Å². The second kappa shape index (κ2) is 2.53. The highest BCUT2D eigenvalue weighted by atomic mass is 32.2. The molecule has 0 rings (SSSR count). The maximum Gasteiger partial charge on any atom is 0.485 e. The van der Waals surface area contributed by atoms with Gasteiger partial charge in [-0.1, -0.05) is 7.43 Å². The van der Waals surface area contributed by atoms with E-state index in [0.717, 1.165) is 0 Å². The Balaban J connectivity index is 0. The Morgan fingerprint density at radius 3 is 1.33 bits per heavy atom. The molecule has 0 unspecified atom stereocenters. The van der Waals surface area contributed by atoms with E-state index in [1.807, 2.05) is 0 Å². The van der Waals surface area contributed by atoms with E-state index in [1.165, 1.54) is 0 Å². The van der Waals surface area contributed by atoms with Crippen LogP contribution >= 0.6 is 0 Å². The van der Waals surface area contributed by atoms with Crippen molar-refractivity contribution in [2.45, 2.75) is 12.9 Å². The molecule has 0 aromatic heterocycles. The molecule has 3 nitrogen and oxygen atoms in total. The molecule has 0 saturated carbocycles. The van der Waals surface area contributed by atoms with E-state index in [-0.39, 0.29) is 7.43 Å². The summed E-state index contributed by atoms with van der Waals surface area (Å²) < 4.78 is 58.9. The van der Waals surface area contributed by atoms with Crippen molar-refractivity contribution in [1.82, 2.24) is 0 Å². The minimum atomic E-state index is -6.09. The SMILES string of the molecule is C.O=S(=O)([O-])C(F)(F)F. The molecule has 0 amide bonds. The Hall–Kier alpha value is -0.300. The van der Waals surface area contributed by atoms with Gasteiger partial charge in [0.2, 0.25) is 0 Å². The van der Waals surface area contributed by atoms with E-state index in [9.17, 15) is 13.2 Å². The number of rotatable bonds is 0. The summed E-state index contributed by atoms with van der Waals surface area (Å²) in [7, 11) is -6.09. The smallest absolute Gasteiger partial charge is 0.485 e. The molecule has 0 heterocycles. The van der Waals surface area contributed by atoms with Gasteiger partial charge < -0.3 is 4.55 Å². The van der Waals surface area contributed by atoms with Crippen LogP contribution in [0.2, 0.25) is 0 Å². The van der Waals surface area contributed by atoms with E-state index in [0.29, 0.717) is 0 Å². The third kappa shape index (κ3) is 3.31. The average Bonchev–Trinajstić information content (AvgIpc) is 1.25. The van der Waals surface area contributed by atoms with Crippen molar-refractivity contribution in [3.63, 3.8) is 0 Å². The highest BCUT2D eigenvalue weighted by Gasteiger charge is 2.36. The van der Waals surface area contributed by atoms with Crippen molar-refractivity contribution in [3.05, 3.63) is 0 Å². The third-order valence-corrected chi connectivity index (χ3v) is 0.850. The summed E-state index contributed by atoms with van der Waals surface area (Å²) in [5.41, 5.74) is -5.65. The second-order valence-electron chi connectivity index (χ2n) is 0.900. The minimum Gasteiger partial charge on any atom is -0.741 e. The maximum atomic E-state index is 10.7. The first-order chi connectivity index (χ1) is 3.25. The predicted molar refractivity (Wildman–Crippen MR) is 22.5 cm³/mol. The fourth-order valence-corrected chi connectivity index (χ4v) is 0. The van der Waals surface area contributed by atoms with E-state index in [1.54, 1.807) is 0 Å². The van der Waals surface area contributed by atoms with Crippen LogP contribution < -0.4 is 0 Å². The standard InChI is InChI=1S/CHF3O3S.CH4/c2-1(3,4)8(5,6)7;/h(H,5,6,7);1H4/p-1. The molecule has 0 aromatic carbocycles. The molecular formula is C2H4F3O3S-. The summed E-state index contributed by atoms with van der Waals surface area (Å²) in [6, 6.07) is 0. The second-order valence-corrected chi connectivity index (χ2v) is 2.27. The van der Waals surface area contributed by atoms with Crippen molar-refractivity contribution < 1.29 is 26.1 Å². The molecule has 0 radical (unpaired) electrons. The van der Waals surface area contributed by atoms with Crippen LogP contribution in [0.3, 0.4) is 0 Å². The monoisotopic (exact) mass is 165 g/mol. The summed E-state index contributed by atoms with van der Waals surface area (Å²) in [6.45, 7) is 0. The third-order valence-electron chi connectivity index (χ3n) is 0.283. The maximum absolute atomic E-state index is 10.7. The molecule has 0 N–H and O–H groups in total. The molecule has 7 heteroatoms. The zero-order valence-electron chi connectivity index (χ0n) is 3.27. The number of halogens is 3. The molecule has 0 aliphatic heterocycles. The van der Waals surface area contributed by atoms with Gasteiger partial charge in [-0.2, -0.15) is 13.2 Å². The van der Waals surface area contributed by atoms with Crippen molar-refractivity contribution >= 4 is 10.1 Å². The van der Waals surface area contributed by atoms with Crippen LogP contribution in [0, 0.1) is 0 Å².